The van der Waals surface area contributed by atoms with Gasteiger partial charge in [0.1, 0.15) is 34.9 Å². The molecular weight excluding hydrogens is 468 g/mol. The third kappa shape index (κ3) is 4.29. The van der Waals surface area contributed by atoms with Crippen LogP contribution in [-0.4, -0.2) is 19.5 Å². The molecule has 0 spiro atoms. The van der Waals surface area contributed by atoms with E-state index >= 15 is 0 Å². The Hall–Kier alpha value is -4.73. The van der Waals surface area contributed by atoms with Gasteiger partial charge in [-0.1, -0.05) is 12.1 Å². The lowest BCUT2D eigenvalue weighted by molar-refractivity contribution is 0.153. The van der Waals surface area contributed by atoms with Crippen LogP contribution in [0.1, 0.15) is 36.3 Å². The third-order valence-electron chi connectivity index (χ3n) is 5.10. The Morgan fingerprint density at radius 2 is 1.77 bits per heavy atom. The number of nitrogens with zero attached hydrogens (tertiary/aromatic N) is 5. The fraction of sp³-hybridized carbons (Fsp3) is 0.136. The number of fused-ring (bicyclic) bond motifs is 1. The van der Waals surface area contributed by atoms with Crippen molar-refractivity contribution in [2.45, 2.75) is 19.4 Å². The fourth-order valence-corrected chi connectivity index (χ4v) is 3.64. The number of benzene rings is 2. The highest BCUT2D eigenvalue weighted by Crippen LogP contribution is 2.29. The molecule has 178 valence electrons. The van der Waals surface area contributed by atoms with Crippen LogP contribution in [0, 0.1) is 23.0 Å². The van der Waals surface area contributed by atoms with E-state index in [9.17, 15) is 27.6 Å². The Morgan fingerprint density at radius 3 is 2.40 bits per heavy atom. The maximum Gasteiger partial charge on any atom is 0.266 e. The van der Waals surface area contributed by atoms with Gasteiger partial charge < -0.3 is 16.8 Å². The summed E-state index contributed by atoms with van der Waals surface area (Å²) in [6, 6.07) is 6.92. The van der Waals surface area contributed by atoms with Gasteiger partial charge >= 0.3 is 0 Å². The second-order valence-electron chi connectivity index (χ2n) is 7.45. The molecule has 1 atom stereocenters. The molecule has 5 N–H and O–H groups in total. The van der Waals surface area contributed by atoms with Crippen molar-refractivity contribution in [3.63, 3.8) is 0 Å². The van der Waals surface area contributed by atoms with Crippen LogP contribution in [0.25, 0.3) is 16.6 Å². The van der Waals surface area contributed by atoms with Gasteiger partial charge in [0.2, 0.25) is 5.95 Å². The van der Waals surface area contributed by atoms with Crippen molar-refractivity contribution in [2.24, 2.45) is 0 Å². The van der Waals surface area contributed by atoms with Gasteiger partial charge in [-0.3, -0.25) is 9.36 Å². The molecule has 2 heterocycles. The lowest BCUT2D eigenvalue weighted by atomic mass is 10.1. The molecule has 9 nitrogen and oxygen atoms in total. The van der Waals surface area contributed by atoms with Crippen LogP contribution < -0.4 is 22.3 Å². The number of hydrogen-bond acceptors (Lipinski definition) is 8. The maximum absolute atomic E-state index is 14.0. The molecule has 2 aromatic carbocycles. The molecule has 35 heavy (non-hydrogen) atoms. The van der Waals surface area contributed by atoms with Crippen LogP contribution in [-0.2, 0) is 0 Å². The Balaban J connectivity index is 2.00. The van der Waals surface area contributed by atoms with Crippen molar-refractivity contribution >= 4 is 28.5 Å². The van der Waals surface area contributed by atoms with Crippen LogP contribution in [0.2, 0.25) is 0 Å². The normalized spacial score (nSPS) is 12.0. The van der Waals surface area contributed by atoms with Gasteiger partial charge in [0.15, 0.2) is 5.82 Å². The first-order valence-electron chi connectivity index (χ1n) is 10.0. The standard InChI is InChI=1S/C22H16F4N8O/c1-9(30-19-14(8-27)18(28)32-22(29)33-19)20-31-15-4-2-3-13(17(25)26)16(15)21(35)34(20)12-6-10(23)5-11(24)7-12/h2-7,9,17H,1H3,(H5,28,29,30,32,33). The van der Waals surface area contributed by atoms with Crippen LogP contribution in [0.4, 0.5) is 35.1 Å². The number of nitrogens with one attached hydrogen (secondary N) is 1. The van der Waals surface area contributed by atoms with Crippen molar-refractivity contribution in [2.75, 3.05) is 16.8 Å². The number of halogens is 4. The number of nitriles is 1. The molecule has 0 aliphatic heterocycles. The predicted molar refractivity (Wildman–Crippen MR) is 120 cm³/mol. The Kier molecular flexibility index (Phi) is 5.96. The van der Waals surface area contributed by atoms with Crippen molar-refractivity contribution in [3.05, 3.63) is 75.3 Å². The van der Waals surface area contributed by atoms with Gasteiger partial charge in [-0.2, -0.15) is 15.2 Å². The van der Waals surface area contributed by atoms with Crippen molar-refractivity contribution in [3.8, 4) is 11.8 Å². The summed E-state index contributed by atoms with van der Waals surface area (Å²) in [5.41, 5.74) is 9.31. The number of rotatable bonds is 5. The lowest BCUT2D eigenvalue weighted by Gasteiger charge is -2.21. The average Bonchev–Trinajstić information content (AvgIpc) is 2.77. The van der Waals surface area contributed by atoms with E-state index in [2.05, 4.69) is 20.3 Å². The van der Waals surface area contributed by atoms with Crippen LogP contribution in [0.5, 0.6) is 0 Å². The van der Waals surface area contributed by atoms with Crippen molar-refractivity contribution < 1.29 is 17.6 Å². The molecule has 0 radical (unpaired) electrons. The quantitative estimate of drug-likeness (QED) is 0.364. The number of nitrogens with two attached hydrogens (primary N) is 2. The number of aromatic nitrogens is 4. The number of nitrogen functional groups attached to an aromatic ring is 2. The third-order valence-corrected chi connectivity index (χ3v) is 5.10. The van der Waals surface area contributed by atoms with E-state index in [0.717, 1.165) is 22.8 Å². The Labute approximate surface area is 194 Å². The van der Waals surface area contributed by atoms with Crippen LogP contribution in [0.15, 0.2) is 41.2 Å². The highest BCUT2D eigenvalue weighted by molar-refractivity contribution is 5.82. The first-order chi connectivity index (χ1) is 16.6. The smallest absolute Gasteiger partial charge is 0.266 e. The number of hydrogen-bond donors (Lipinski definition) is 3. The van der Waals surface area contributed by atoms with E-state index in [1.807, 2.05) is 6.07 Å². The van der Waals surface area contributed by atoms with Gasteiger partial charge in [-0.15, -0.1) is 0 Å². The average molecular weight is 484 g/mol. The molecule has 13 heteroatoms. The minimum Gasteiger partial charge on any atom is -0.382 e. The Bertz CT molecular complexity index is 1540. The molecule has 0 amide bonds. The molecule has 0 aliphatic carbocycles. The molecular formula is C22H16F4N8O. The topological polar surface area (TPSA) is 149 Å². The summed E-state index contributed by atoms with van der Waals surface area (Å²) in [5, 5.41) is 11.8. The van der Waals surface area contributed by atoms with Gasteiger partial charge in [-0.25, -0.2) is 22.5 Å². The largest absolute Gasteiger partial charge is 0.382 e. The van der Waals surface area contributed by atoms with Crippen molar-refractivity contribution in [1.29, 1.82) is 5.26 Å². The molecule has 0 fully saturated rings. The van der Waals surface area contributed by atoms with Crippen molar-refractivity contribution in [1.82, 2.24) is 19.5 Å². The van der Waals surface area contributed by atoms with E-state index in [0.29, 0.717) is 6.07 Å². The van der Waals surface area contributed by atoms with Gasteiger partial charge in [-0.05, 0) is 25.1 Å². The second kappa shape index (κ2) is 8.90. The Morgan fingerprint density at radius 1 is 1.09 bits per heavy atom. The van der Waals surface area contributed by atoms with E-state index in [4.69, 9.17) is 11.5 Å². The second-order valence-corrected chi connectivity index (χ2v) is 7.45. The highest BCUT2D eigenvalue weighted by atomic mass is 19.3. The van der Waals surface area contributed by atoms with Crippen LogP contribution in [0.3, 0.4) is 0 Å². The molecule has 0 aliphatic rings. The van der Waals surface area contributed by atoms with Crippen LogP contribution >= 0.6 is 0 Å². The molecule has 4 aromatic rings. The fourth-order valence-electron chi connectivity index (χ4n) is 3.64. The van der Waals surface area contributed by atoms with E-state index in [1.54, 1.807) is 0 Å². The minimum absolute atomic E-state index is 0.0632. The summed E-state index contributed by atoms with van der Waals surface area (Å²) in [6.07, 6.45) is -3.00. The summed E-state index contributed by atoms with van der Waals surface area (Å²) < 4.78 is 56.2. The number of alkyl halides is 2. The summed E-state index contributed by atoms with van der Waals surface area (Å²) in [4.78, 5) is 25.5. The maximum atomic E-state index is 14.0. The van der Waals surface area contributed by atoms with E-state index in [-0.39, 0.29) is 40.2 Å². The monoisotopic (exact) mass is 484 g/mol. The molecule has 0 bridgehead atoms. The summed E-state index contributed by atoms with van der Waals surface area (Å²) in [5.74, 6) is -2.63. The first-order valence-corrected chi connectivity index (χ1v) is 10.0. The van der Waals surface area contributed by atoms with Gasteiger partial charge in [0.05, 0.1) is 22.6 Å². The van der Waals surface area contributed by atoms with E-state index < -0.39 is 40.6 Å². The zero-order valence-corrected chi connectivity index (χ0v) is 17.9. The molecule has 0 saturated heterocycles. The summed E-state index contributed by atoms with van der Waals surface area (Å²) in [7, 11) is 0. The predicted octanol–water partition coefficient (Wildman–Crippen LogP) is 3.60. The minimum atomic E-state index is -3.00. The molecule has 1 unspecified atom stereocenters. The summed E-state index contributed by atoms with van der Waals surface area (Å²) >= 11 is 0. The molecule has 2 aromatic heterocycles. The zero-order chi connectivity index (χ0) is 25.4. The lowest BCUT2D eigenvalue weighted by Crippen LogP contribution is -2.28. The van der Waals surface area contributed by atoms with E-state index in [1.165, 1.54) is 19.1 Å². The molecule has 0 saturated carbocycles. The zero-order valence-electron chi connectivity index (χ0n) is 17.9. The van der Waals surface area contributed by atoms with Gasteiger partial charge in [0.25, 0.3) is 12.0 Å². The summed E-state index contributed by atoms with van der Waals surface area (Å²) in [6.45, 7) is 1.51. The molecule has 4 rings (SSSR count). The highest BCUT2D eigenvalue weighted by Gasteiger charge is 2.24. The first kappa shape index (κ1) is 23.4. The number of anilines is 3. The van der Waals surface area contributed by atoms with Gasteiger partial charge in [0, 0.05) is 11.6 Å². The SMILES string of the molecule is CC(Nc1nc(N)nc(N)c1C#N)c1nc2cccc(C(F)F)c2c(=O)n1-c1cc(F)cc(F)c1.